The van der Waals surface area contributed by atoms with Crippen LogP contribution in [0.4, 0.5) is 10.5 Å². The van der Waals surface area contributed by atoms with E-state index in [1.807, 2.05) is 36.4 Å². The van der Waals surface area contributed by atoms with Gasteiger partial charge in [-0.2, -0.15) is 0 Å². The SMILES string of the molecule is COc1ccc(N2NC(C(=O)N(C)OC)C=C2c2ccc(OCCNC(=O)OC(C)(C)C)cc2)cn1. The zero-order valence-electron chi connectivity index (χ0n) is 21.4. The fourth-order valence-corrected chi connectivity index (χ4v) is 3.31. The molecule has 2 aromatic rings. The second-order valence-corrected chi connectivity index (χ2v) is 8.87. The van der Waals surface area contributed by atoms with Crippen LogP contribution in [0.15, 0.2) is 48.7 Å². The van der Waals surface area contributed by atoms with Crippen molar-refractivity contribution in [1.82, 2.24) is 20.8 Å². The Kier molecular flexibility index (Phi) is 8.73. The van der Waals surface area contributed by atoms with Crippen molar-refractivity contribution in [2.45, 2.75) is 32.4 Å². The number of ether oxygens (including phenoxy) is 3. The largest absolute Gasteiger partial charge is 0.492 e. The maximum absolute atomic E-state index is 12.7. The first-order valence-corrected chi connectivity index (χ1v) is 11.4. The zero-order chi connectivity index (χ0) is 26.3. The van der Waals surface area contributed by atoms with Crippen molar-refractivity contribution in [3.8, 4) is 11.6 Å². The van der Waals surface area contributed by atoms with Gasteiger partial charge < -0.3 is 19.5 Å². The molecule has 0 saturated heterocycles. The first-order chi connectivity index (χ1) is 17.1. The highest BCUT2D eigenvalue weighted by Gasteiger charge is 2.32. The third-order valence-corrected chi connectivity index (χ3v) is 5.06. The van der Waals surface area contributed by atoms with Gasteiger partial charge in [0.2, 0.25) is 5.88 Å². The number of nitrogens with one attached hydrogen (secondary N) is 2. The fourth-order valence-electron chi connectivity index (χ4n) is 3.31. The van der Waals surface area contributed by atoms with Crippen LogP contribution in [0.5, 0.6) is 11.6 Å². The normalized spacial score (nSPS) is 15.2. The Hall–Kier alpha value is -3.83. The monoisotopic (exact) mass is 499 g/mol. The van der Waals surface area contributed by atoms with Gasteiger partial charge in [-0.1, -0.05) is 0 Å². The van der Waals surface area contributed by atoms with Crippen LogP contribution < -0.4 is 25.2 Å². The lowest BCUT2D eigenvalue weighted by Crippen LogP contribution is -2.46. The van der Waals surface area contributed by atoms with E-state index < -0.39 is 17.7 Å². The molecular formula is C25H33N5O6. The number of amides is 2. The second-order valence-electron chi connectivity index (χ2n) is 8.87. The van der Waals surface area contributed by atoms with E-state index in [1.54, 1.807) is 52.2 Å². The molecule has 2 heterocycles. The van der Waals surface area contributed by atoms with E-state index in [0.717, 1.165) is 16.9 Å². The highest BCUT2D eigenvalue weighted by molar-refractivity contribution is 5.91. The lowest BCUT2D eigenvalue weighted by molar-refractivity contribution is -0.169. The molecule has 194 valence electrons. The molecule has 11 nitrogen and oxygen atoms in total. The Balaban J connectivity index is 1.70. The molecule has 1 aromatic carbocycles. The molecule has 3 rings (SSSR count). The Labute approximate surface area is 210 Å². The molecule has 0 saturated carbocycles. The molecule has 11 heteroatoms. The summed E-state index contributed by atoms with van der Waals surface area (Å²) < 4.78 is 16.1. The number of anilines is 1. The summed E-state index contributed by atoms with van der Waals surface area (Å²) in [4.78, 5) is 33.8. The highest BCUT2D eigenvalue weighted by Crippen LogP contribution is 2.31. The van der Waals surface area contributed by atoms with Gasteiger partial charge in [0.1, 0.15) is 24.0 Å². The predicted molar refractivity (Wildman–Crippen MR) is 134 cm³/mol. The molecule has 36 heavy (non-hydrogen) atoms. The summed E-state index contributed by atoms with van der Waals surface area (Å²) in [5.41, 5.74) is 4.99. The highest BCUT2D eigenvalue weighted by atomic mass is 16.7. The summed E-state index contributed by atoms with van der Waals surface area (Å²) >= 11 is 0. The van der Waals surface area contributed by atoms with Crippen LogP contribution in [-0.4, -0.2) is 68.1 Å². The topological polar surface area (TPSA) is 114 Å². The molecule has 0 bridgehead atoms. The van der Waals surface area contributed by atoms with E-state index in [4.69, 9.17) is 19.0 Å². The first-order valence-electron chi connectivity index (χ1n) is 11.4. The number of methoxy groups -OCH3 is 1. The fraction of sp³-hybridized carbons (Fsp3) is 0.400. The van der Waals surface area contributed by atoms with Crippen LogP contribution >= 0.6 is 0 Å². The van der Waals surface area contributed by atoms with Gasteiger partial charge in [-0.25, -0.2) is 20.3 Å². The molecular weight excluding hydrogens is 466 g/mol. The Bertz CT molecular complexity index is 1070. The number of rotatable bonds is 9. The maximum atomic E-state index is 12.7. The number of likely N-dealkylation sites (N-methyl/N-ethyl adjacent to an activating group) is 1. The van der Waals surface area contributed by atoms with E-state index in [9.17, 15) is 9.59 Å². The van der Waals surface area contributed by atoms with Gasteiger partial charge in [-0.05, 0) is 62.7 Å². The minimum atomic E-state index is -0.637. The molecule has 1 aliphatic heterocycles. The third-order valence-electron chi connectivity index (χ3n) is 5.06. The molecule has 1 unspecified atom stereocenters. The van der Waals surface area contributed by atoms with Gasteiger partial charge in [0, 0.05) is 13.1 Å². The van der Waals surface area contributed by atoms with Crippen LogP contribution in [0.3, 0.4) is 0 Å². The number of carbonyl (C=O) groups is 2. The van der Waals surface area contributed by atoms with Crippen molar-refractivity contribution in [1.29, 1.82) is 0 Å². The maximum Gasteiger partial charge on any atom is 0.407 e. The third kappa shape index (κ3) is 7.09. The summed E-state index contributed by atoms with van der Waals surface area (Å²) in [5, 5.41) is 5.62. The molecule has 2 N–H and O–H groups in total. The van der Waals surface area contributed by atoms with E-state index in [-0.39, 0.29) is 12.5 Å². The lowest BCUT2D eigenvalue weighted by Gasteiger charge is -2.25. The Morgan fingerprint density at radius 3 is 2.44 bits per heavy atom. The number of pyridine rings is 1. The second kappa shape index (κ2) is 11.7. The molecule has 1 aliphatic rings. The van der Waals surface area contributed by atoms with Crippen LogP contribution in [-0.2, 0) is 14.4 Å². The molecule has 1 aromatic heterocycles. The van der Waals surface area contributed by atoms with Crippen molar-refractivity contribution in [2.24, 2.45) is 0 Å². The van der Waals surface area contributed by atoms with E-state index in [0.29, 0.717) is 18.2 Å². The standard InChI is InChI=1S/C25H33N5O6/c1-25(2,3)36-24(32)26-13-14-35-19-10-7-17(8-11-19)21-15-20(23(31)29(4)34-6)28-30(21)18-9-12-22(33-5)27-16-18/h7-12,15-16,20,28H,13-14H2,1-6H3,(H,26,32). The van der Waals surface area contributed by atoms with Crippen molar-refractivity contribution in [3.63, 3.8) is 0 Å². The van der Waals surface area contributed by atoms with Gasteiger partial charge in [0.25, 0.3) is 5.91 Å². The number of alkyl carbamates (subject to hydrolysis) is 1. The average Bonchev–Trinajstić information content (AvgIpc) is 3.30. The summed E-state index contributed by atoms with van der Waals surface area (Å²) in [7, 11) is 4.54. The quantitative estimate of drug-likeness (QED) is 0.397. The number of aromatic nitrogens is 1. The minimum absolute atomic E-state index is 0.253. The molecule has 1 atom stereocenters. The van der Waals surface area contributed by atoms with Crippen molar-refractivity contribution in [3.05, 3.63) is 54.2 Å². The Morgan fingerprint density at radius 1 is 1.14 bits per heavy atom. The Morgan fingerprint density at radius 2 is 1.86 bits per heavy atom. The van der Waals surface area contributed by atoms with Gasteiger partial charge in [0.15, 0.2) is 0 Å². The summed E-state index contributed by atoms with van der Waals surface area (Å²) in [6, 6.07) is 10.4. The average molecular weight is 500 g/mol. The van der Waals surface area contributed by atoms with Crippen molar-refractivity contribution >= 4 is 23.4 Å². The molecule has 0 aliphatic carbocycles. The van der Waals surface area contributed by atoms with Crippen LogP contribution in [0.25, 0.3) is 5.70 Å². The van der Waals surface area contributed by atoms with Crippen LogP contribution in [0.1, 0.15) is 26.3 Å². The molecule has 2 amide bonds. The number of benzene rings is 1. The van der Waals surface area contributed by atoms with E-state index >= 15 is 0 Å². The number of hydrogen-bond donors (Lipinski definition) is 2. The summed E-state index contributed by atoms with van der Waals surface area (Å²) in [5.74, 6) is 0.870. The predicted octanol–water partition coefficient (Wildman–Crippen LogP) is 2.75. The number of carbonyl (C=O) groups excluding carboxylic acids is 2. The summed E-state index contributed by atoms with van der Waals surface area (Å²) in [6.07, 6.45) is 2.99. The number of nitrogens with zero attached hydrogens (tertiary/aromatic N) is 3. The van der Waals surface area contributed by atoms with Crippen molar-refractivity contribution < 1.29 is 28.6 Å². The number of hydrogen-bond acceptors (Lipinski definition) is 9. The van der Waals surface area contributed by atoms with Gasteiger partial charge in [-0.15, -0.1) is 0 Å². The van der Waals surface area contributed by atoms with Gasteiger partial charge in [-0.3, -0.25) is 14.6 Å². The smallest absolute Gasteiger partial charge is 0.407 e. The van der Waals surface area contributed by atoms with E-state index in [1.165, 1.54) is 12.2 Å². The molecule has 0 radical (unpaired) electrons. The minimum Gasteiger partial charge on any atom is -0.492 e. The summed E-state index contributed by atoms with van der Waals surface area (Å²) in [6.45, 7) is 6.01. The number of hydrazine groups is 1. The number of hydroxylamine groups is 2. The van der Waals surface area contributed by atoms with Crippen LogP contribution in [0.2, 0.25) is 0 Å². The zero-order valence-corrected chi connectivity index (χ0v) is 21.4. The van der Waals surface area contributed by atoms with Gasteiger partial charge in [0.05, 0.1) is 38.3 Å². The lowest BCUT2D eigenvalue weighted by atomic mass is 10.1. The van der Waals surface area contributed by atoms with Crippen LogP contribution in [0, 0.1) is 0 Å². The van der Waals surface area contributed by atoms with Gasteiger partial charge >= 0.3 is 6.09 Å². The first kappa shape index (κ1) is 26.8. The van der Waals surface area contributed by atoms with E-state index in [2.05, 4.69) is 15.7 Å². The molecule has 0 spiro atoms. The van der Waals surface area contributed by atoms with Crippen molar-refractivity contribution in [2.75, 3.05) is 39.4 Å². The molecule has 0 fully saturated rings.